The highest BCUT2D eigenvalue weighted by molar-refractivity contribution is 7.25. The smallest absolute Gasteiger partial charge is 0.0541 e. The van der Waals surface area contributed by atoms with E-state index < -0.39 is 0 Å². The molecule has 59 heavy (non-hydrogen) atoms. The molecule has 276 valence electrons. The van der Waals surface area contributed by atoms with Crippen molar-refractivity contribution in [1.82, 2.24) is 4.57 Å². The van der Waals surface area contributed by atoms with Crippen molar-refractivity contribution >= 4 is 91.9 Å². The molecule has 12 rings (SSSR count). The average molecular weight is 769 g/mol. The first-order chi connectivity index (χ1) is 29.2. The first-order valence-electron chi connectivity index (χ1n) is 20.2. The van der Waals surface area contributed by atoms with Crippen LogP contribution in [0.4, 0.5) is 17.1 Å². The molecule has 0 aliphatic carbocycles. The van der Waals surface area contributed by atoms with Crippen molar-refractivity contribution < 1.29 is 0 Å². The minimum Gasteiger partial charge on any atom is -0.310 e. The minimum absolute atomic E-state index is 1.11. The zero-order valence-electron chi connectivity index (χ0n) is 32.1. The summed E-state index contributed by atoms with van der Waals surface area (Å²) in [5.41, 5.74) is 11.7. The summed E-state index contributed by atoms with van der Waals surface area (Å²) in [4.78, 5) is 2.38. The summed E-state index contributed by atoms with van der Waals surface area (Å²) in [5.74, 6) is 0. The average Bonchev–Trinajstić information content (AvgIpc) is 3.84. The van der Waals surface area contributed by atoms with E-state index in [0.717, 1.165) is 17.1 Å². The van der Waals surface area contributed by atoms with Gasteiger partial charge in [0.05, 0.1) is 11.0 Å². The Bertz CT molecular complexity index is 3510. The third-order valence-corrected chi connectivity index (χ3v) is 13.1. The Morgan fingerprint density at radius 3 is 1.61 bits per heavy atom. The second kappa shape index (κ2) is 13.6. The lowest BCUT2D eigenvalue weighted by molar-refractivity contribution is 1.19. The largest absolute Gasteiger partial charge is 0.310 e. The van der Waals surface area contributed by atoms with Crippen molar-refractivity contribution in [1.29, 1.82) is 0 Å². The molecule has 0 saturated heterocycles. The predicted octanol–water partition coefficient (Wildman–Crippen LogP) is 16.3. The Labute approximate surface area is 346 Å². The second-order valence-electron chi connectivity index (χ2n) is 15.4. The van der Waals surface area contributed by atoms with E-state index in [1.807, 2.05) is 11.3 Å². The number of hydrogen-bond acceptors (Lipinski definition) is 2. The molecular weight excluding hydrogens is 733 g/mol. The highest BCUT2D eigenvalue weighted by atomic mass is 32.1. The molecule has 2 nitrogen and oxygen atoms in total. The van der Waals surface area contributed by atoms with Crippen LogP contribution >= 0.6 is 11.3 Å². The number of thiophene rings is 1. The van der Waals surface area contributed by atoms with Gasteiger partial charge in [-0.3, -0.25) is 0 Å². The van der Waals surface area contributed by atoms with E-state index in [0.29, 0.717) is 0 Å². The lowest BCUT2D eigenvalue weighted by atomic mass is 9.97. The van der Waals surface area contributed by atoms with Crippen LogP contribution in [-0.2, 0) is 0 Å². The Hall–Kier alpha value is -7.46. The number of rotatable bonds is 6. The van der Waals surface area contributed by atoms with Crippen molar-refractivity contribution in [3.05, 3.63) is 218 Å². The molecule has 3 heteroatoms. The van der Waals surface area contributed by atoms with Crippen molar-refractivity contribution in [2.75, 3.05) is 4.90 Å². The van der Waals surface area contributed by atoms with Crippen LogP contribution in [0.3, 0.4) is 0 Å². The van der Waals surface area contributed by atoms with Crippen LogP contribution in [0.5, 0.6) is 0 Å². The van der Waals surface area contributed by atoms with E-state index in [-0.39, 0.29) is 0 Å². The molecule has 12 aromatic rings. The molecule has 0 spiro atoms. The maximum atomic E-state index is 2.43. The Kier molecular flexibility index (Phi) is 7.75. The van der Waals surface area contributed by atoms with Crippen LogP contribution in [0.1, 0.15) is 0 Å². The summed E-state index contributed by atoms with van der Waals surface area (Å²) in [6, 6.07) is 80.1. The fourth-order valence-electron chi connectivity index (χ4n) is 9.07. The van der Waals surface area contributed by atoms with Crippen molar-refractivity contribution in [2.24, 2.45) is 0 Å². The van der Waals surface area contributed by atoms with Gasteiger partial charge in [0, 0.05) is 53.7 Å². The van der Waals surface area contributed by atoms with E-state index in [1.54, 1.807) is 0 Å². The van der Waals surface area contributed by atoms with E-state index in [2.05, 4.69) is 228 Å². The number of para-hydroxylation sites is 1. The van der Waals surface area contributed by atoms with E-state index >= 15 is 0 Å². The minimum atomic E-state index is 1.11. The van der Waals surface area contributed by atoms with Crippen LogP contribution in [0.2, 0.25) is 0 Å². The molecule has 0 bridgehead atoms. The standard InChI is InChI=1S/C56H36N2S/c1-3-13-41-32-46(26-23-37(41)11-1)57(47-27-24-38-12-2-4-14-42(38)33-47)45-18-10-17-43(34-45)39-15-9-16-40(31-39)44-25-29-54-51(35-44)49-19-5-7-21-53(49)58(54)48-28-30-56-52(36-48)50-20-6-8-22-55(50)59-56/h1-36H. The lowest BCUT2D eigenvalue weighted by Gasteiger charge is -2.27. The van der Waals surface area contributed by atoms with Gasteiger partial charge in [-0.1, -0.05) is 133 Å². The van der Waals surface area contributed by atoms with Gasteiger partial charge in [0.2, 0.25) is 0 Å². The zero-order valence-corrected chi connectivity index (χ0v) is 32.9. The lowest BCUT2D eigenvalue weighted by Crippen LogP contribution is -2.10. The molecule has 2 heterocycles. The van der Waals surface area contributed by atoms with Gasteiger partial charge < -0.3 is 9.47 Å². The maximum absolute atomic E-state index is 2.43. The summed E-state index contributed by atoms with van der Waals surface area (Å²) in [5, 5.41) is 10.0. The molecule has 0 radical (unpaired) electrons. The maximum Gasteiger partial charge on any atom is 0.0541 e. The summed E-state index contributed by atoms with van der Waals surface area (Å²) in [6.45, 7) is 0. The number of fused-ring (bicyclic) bond motifs is 8. The van der Waals surface area contributed by atoms with E-state index in [4.69, 9.17) is 0 Å². The number of aromatic nitrogens is 1. The van der Waals surface area contributed by atoms with Crippen molar-refractivity contribution in [3.63, 3.8) is 0 Å². The second-order valence-corrected chi connectivity index (χ2v) is 16.5. The Morgan fingerprint density at radius 2 is 0.864 bits per heavy atom. The summed E-state index contributed by atoms with van der Waals surface area (Å²) < 4.78 is 5.07. The molecule has 0 unspecified atom stereocenters. The van der Waals surface area contributed by atoms with Crippen LogP contribution < -0.4 is 4.90 Å². The fourth-order valence-corrected chi connectivity index (χ4v) is 10.2. The van der Waals surface area contributed by atoms with Gasteiger partial charge in [-0.15, -0.1) is 11.3 Å². The number of nitrogens with zero attached hydrogens (tertiary/aromatic N) is 2. The van der Waals surface area contributed by atoms with Gasteiger partial charge in [-0.05, 0) is 129 Å². The van der Waals surface area contributed by atoms with E-state index in [9.17, 15) is 0 Å². The third-order valence-electron chi connectivity index (χ3n) is 11.9. The molecule has 0 fully saturated rings. The summed E-state index contributed by atoms with van der Waals surface area (Å²) in [6.07, 6.45) is 0. The molecular formula is C56H36N2S. The van der Waals surface area contributed by atoms with Gasteiger partial charge in [-0.25, -0.2) is 0 Å². The topological polar surface area (TPSA) is 8.17 Å². The molecule has 0 aliphatic heterocycles. The Balaban J connectivity index is 0.953. The number of hydrogen-bond donors (Lipinski definition) is 0. The summed E-state index contributed by atoms with van der Waals surface area (Å²) in [7, 11) is 0. The van der Waals surface area contributed by atoms with Crippen LogP contribution in [0, 0.1) is 0 Å². The van der Waals surface area contributed by atoms with Crippen LogP contribution in [-0.4, -0.2) is 4.57 Å². The van der Waals surface area contributed by atoms with Crippen molar-refractivity contribution in [2.45, 2.75) is 0 Å². The van der Waals surface area contributed by atoms with Crippen molar-refractivity contribution in [3.8, 4) is 27.9 Å². The van der Waals surface area contributed by atoms with Crippen LogP contribution in [0.15, 0.2) is 218 Å². The highest BCUT2D eigenvalue weighted by Crippen LogP contribution is 2.41. The van der Waals surface area contributed by atoms with Gasteiger partial charge in [0.15, 0.2) is 0 Å². The first kappa shape index (κ1) is 33.7. The number of anilines is 3. The molecule has 0 amide bonds. The quantitative estimate of drug-likeness (QED) is 0.164. The normalized spacial score (nSPS) is 11.7. The summed E-state index contributed by atoms with van der Waals surface area (Å²) >= 11 is 1.86. The third kappa shape index (κ3) is 5.70. The number of benzene rings is 10. The van der Waals surface area contributed by atoms with Gasteiger partial charge in [-0.2, -0.15) is 0 Å². The fraction of sp³-hybridized carbons (Fsp3) is 0. The van der Waals surface area contributed by atoms with Gasteiger partial charge in [0.1, 0.15) is 0 Å². The Morgan fingerprint density at radius 1 is 0.305 bits per heavy atom. The molecule has 2 aromatic heterocycles. The molecule has 0 atom stereocenters. The molecule has 0 N–H and O–H groups in total. The predicted molar refractivity (Wildman–Crippen MR) is 254 cm³/mol. The van der Waals surface area contributed by atoms with E-state index in [1.165, 1.54) is 91.5 Å². The van der Waals surface area contributed by atoms with Crippen LogP contribution in [0.25, 0.3) is 91.5 Å². The molecule has 0 saturated carbocycles. The highest BCUT2D eigenvalue weighted by Gasteiger charge is 2.17. The van der Waals surface area contributed by atoms with Gasteiger partial charge >= 0.3 is 0 Å². The van der Waals surface area contributed by atoms with Gasteiger partial charge in [0.25, 0.3) is 0 Å². The SMILES string of the molecule is c1cc(-c2cccc(N(c3ccc4ccccc4c3)c3ccc4ccccc4c3)c2)cc(-c2ccc3c(c2)c2ccccc2n3-c2ccc3sc4ccccc4c3c2)c1. The molecule has 0 aliphatic rings. The first-order valence-corrected chi connectivity index (χ1v) is 21.0. The zero-order chi connectivity index (χ0) is 38.9. The molecule has 10 aromatic carbocycles. The monoisotopic (exact) mass is 768 g/mol.